The third-order valence-corrected chi connectivity index (χ3v) is 3.08. The maximum absolute atomic E-state index is 11.5. The number of hydrogen-bond donors (Lipinski definition) is 1. The van der Waals surface area contributed by atoms with Crippen LogP contribution in [0.5, 0.6) is 0 Å². The summed E-state index contributed by atoms with van der Waals surface area (Å²) in [6, 6.07) is 0. The average Bonchev–Trinajstić information content (AvgIpc) is 2.29. The molecule has 1 aliphatic heterocycles. The topological polar surface area (TPSA) is 49.8 Å². The van der Waals surface area contributed by atoms with Gasteiger partial charge in [0.05, 0.1) is 12.5 Å². The van der Waals surface area contributed by atoms with Crippen LogP contribution in [-0.4, -0.2) is 48.8 Å². The number of likely N-dealkylation sites (tertiary alicyclic amines) is 1. The van der Waals surface area contributed by atoms with Crippen molar-refractivity contribution in [1.29, 1.82) is 0 Å². The molecule has 4 heteroatoms. The largest absolute Gasteiger partial charge is 0.466 e. The van der Waals surface area contributed by atoms with E-state index in [4.69, 9.17) is 9.84 Å². The van der Waals surface area contributed by atoms with E-state index in [1.807, 2.05) is 13.8 Å². The quantitative estimate of drug-likeness (QED) is 0.711. The Balaban J connectivity index is 2.32. The minimum atomic E-state index is -0.117. The molecular formula is C12H23NO3. The lowest BCUT2D eigenvalue weighted by atomic mass is 9.98. The summed E-state index contributed by atoms with van der Waals surface area (Å²) in [5, 5.41) is 9.12. The Hall–Kier alpha value is -0.610. The lowest BCUT2D eigenvalue weighted by molar-refractivity contribution is -0.148. The SMILES string of the molecule is CCOC(=O)C(C)CN1CCCC(CO)C1. The van der Waals surface area contributed by atoms with Crippen LogP contribution in [0.3, 0.4) is 0 Å². The Morgan fingerprint density at radius 2 is 2.38 bits per heavy atom. The smallest absolute Gasteiger partial charge is 0.309 e. The van der Waals surface area contributed by atoms with Crippen molar-refractivity contribution >= 4 is 5.97 Å². The fourth-order valence-corrected chi connectivity index (χ4v) is 2.21. The molecule has 0 amide bonds. The molecule has 0 aromatic carbocycles. The van der Waals surface area contributed by atoms with E-state index in [-0.39, 0.29) is 18.5 Å². The van der Waals surface area contributed by atoms with Crippen LogP contribution in [0.2, 0.25) is 0 Å². The highest BCUT2D eigenvalue weighted by atomic mass is 16.5. The molecule has 2 unspecified atom stereocenters. The summed E-state index contributed by atoms with van der Waals surface area (Å²) < 4.78 is 4.98. The van der Waals surface area contributed by atoms with E-state index in [0.29, 0.717) is 12.5 Å². The zero-order valence-corrected chi connectivity index (χ0v) is 10.3. The second-order valence-corrected chi connectivity index (χ2v) is 4.60. The number of ether oxygens (including phenoxy) is 1. The molecule has 0 aromatic heterocycles. The van der Waals surface area contributed by atoms with Gasteiger partial charge in [0.25, 0.3) is 0 Å². The van der Waals surface area contributed by atoms with Crippen LogP contribution < -0.4 is 0 Å². The molecule has 1 rings (SSSR count). The molecule has 4 nitrogen and oxygen atoms in total. The summed E-state index contributed by atoms with van der Waals surface area (Å²) in [7, 11) is 0. The maximum Gasteiger partial charge on any atom is 0.309 e. The normalized spacial score (nSPS) is 24.1. The van der Waals surface area contributed by atoms with Crippen LogP contribution in [0.1, 0.15) is 26.7 Å². The zero-order chi connectivity index (χ0) is 12.0. The second kappa shape index (κ2) is 6.86. The van der Waals surface area contributed by atoms with Gasteiger partial charge < -0.3 is 14.7 Å². The monoisotopic (exact) mass is 229 g/mol. The standard InChI is InChI=1S/C12H23NO3/c1-3-16-12(15)10(2)7-13-6-4-5-11(8-13)9-14/h10-11,14H,3-9H2,1-2H3. The number of aliphatic hydroxyl groups is 1. The van der Waals surface area contributed by atoms with Crippen molar-refractivity contribution in [2.75, 3.05) is 32.8 Å². The first kappa shape index (κ1) is 13.5. The maximum atomic E-state index is 11.5. The summed E-state index contributed by atoms with van der Waals surface area (Å²) in [6.07, 6.45) is 2.21. The molecular weight excluding hydrogens is 206 g/mol. The predicted molar refractivity (Wildman–Crippen MR) is 62.0 cm³/mol. The number of esters is 1. The highest BCUT2D eigenvalue weighted by molar-refractivity contribution is 5.72. The number of rotatable bonds is 5. The van der Waals surface area contributed by atoms with E-state index in [0.717, 1.165) is 32.5 Å². The number of aliphatic hydroxyl groups excluding tert-OH is 1. The fourth-order valence-electron chi connectivity index (χ4n) is 2.21. The van der Waals surface area contributed by atoms with E-state index < -0.39 is 0 Å². The third-order valence-electron chi connectivity index (χ3n) is 3.08. The Morgan fingerprint density at radius 1 is 1.62 bits per heavy atom. The van der Waals surface area contributed by atoms with Crippen molar-refractivity contribution in [3.63, 3.8) is 0 Å². The van der Waals surface area contributed by atoms with Gasteiger partial charge in [-0.3, -0.25) is 4.79 Å². The molecule has 1 N–H and O–H groups in total. The molecule has 0 spiro atoms. The number of hydrogen-bond acceptors (Lipinski definition) is 4. The third kappa shape index (κ3) is 4.10. The van der Waals surface area contributed by atoms with E-state index in [1.165, 1.54) is 0 Å². The van der Waals surface area contributed by atoms with Crippen molar-refractivity contribution in [3.05, 3.63) is 0 Å². The fraction of sp³-hybridized carbons (Fsp3) is 0.917. The number of nitrogens with zero attached hydrogens (tertiary/aromatic N) is 1. The molecule has 0 saturated carbocycles. The van der Waals surface area contributed by atoms with Crippen LogP contribution in [0.25, 0.3) is 0 Å². The highest BCUT2D eigenvalue weighted by Crippen LogP contribution is 2.17. The van der Waals surface area contributed by atoms with Gasteiger partial charge in [-0.05, 0) is 32.2 Å². The molecule has 2 atom stereocenters. The van der Waals surface area contributed by atoms with Crippen LogP contribution in [0.4, 0.5) is 0 Å². The number of carbonyl (C=O) groups excluding carboxylic acids is 1. The van der Waals surface area contributed by atoms with E-state index in [9.17, 15) is 4.79 Å². The molecule has 0 radical (unpaired) electrons. The summed E-state index contributed by atoms with van der Waals surface area (Å²) in [6.45, 7) is 7.11. The van der Waals surface area contributed by atoms with Crippen molar-refractivity contribution in [2.45, 2.75) is 26.7 Å². The molecule has 16 heavy (non-hydrogen) atoms. The molecule has 1 saturated heterocycles. The van der Waals surface area contributed by atoms with Crippen molar-refractivity contribution in [1.82, 2.24) is 4.90 Å². The van der Waals surface area contributed by atoms with Gasteiger partial charge >= 0.3 is 5.97 Å². The van der Waals surface area contributed by atoms with Gasteiger partial charge in [-0.2, -0.15) is 0 Å². The first-order valence-electron chi connectivity index (χ1n) is 6.17. The Labute approximate surface area is 97.6 Å². The van der Waals surface area contributed by atoms with Crippen LogP contribution in [0, 0.1) is 11.8 Å². The van der Waals surface area contributed by atoms with Crippen molar-refractivity contribution in [3.8, 4) is 0 Å². The summed E-state index contributed by atoms with van der Waals surface area (Å²) in [5.74, 6) is 0.189. The van der Waals surface area contributed by atoms with Gasteiger partial charge in [-0.1, -0.05) is 6.92 Å². The van der Waals surface area contributed by atoms with Crippen molar-refractivity contribution < 1.29 is 14.6 Å². The Morgan fingerprint density at radius 3 is 3.00 bits per heavy atom. The molecule has 0 aliphatic carbocycles. The zero-order valence-electron chi connectivity index (χ0n) is 10.3. The summed E-state index contributed by atoms with van der Waals surface area (Å²) in [4.78, 5) is 13.7. The summed E-state index contributed by atoms with van der Waals surface area (Å²) in [5.41, 5.74) is 0. The molecule has 0 bridgehead atoms. The van der Waals surface area contributed by atoms with Gasteiger partial charge in [0.15, 0.2) is 0 Å². The van der Waals surface area contributed by atoms with E-state index in [1.54, 1.807) is 0 Å². The lowest BCUT2D eigenvalue weighted by Gasteiger charge is -2.32. The minimum Gasteiger partial charge on any atom is -0.466 e. The van der Waals surface area contributed by atoms with Gasteiger partial charge in [0.2, 0.25) is 0 Å². The van der Waals surface area contributed by atoms with E-state index >= 15 is 0 Å². The predicted octanol–water partition coefficient (Wildman–Crippen LogP) is 0.890. The molecule has 1 heterocycles. The Bertz CT molecular complexity index is 220. The van der Waals surface area contributed by atoms with Crippen molar-refractivity contribution in [2.24, 2.45) is 11.8 Å². The van der Waals surface area contributed by atoms with Gasteiger partial charge in [-0.25, -0.2) is 0 Å². The van der Waals surface area contributed by atoms with Gasteiger partial charge in [0, 0.05) is 19.7 Å². The number of piperidine rings is 1. The molecule has 94 valence electrons. The van der Waals surface area contributed by atoms with E-state index in [2.05, 4.69) is 4.90 Å². The average molecular weight is 229 g/mol. The molecule has 1 fully saturated rings. The molecule has 0 aromatic rings. The Kier molecular flexibility index (Phi) is 5.77. The highest BCUT2D eigenvalue weighted by Gasteiger charge is 2.23. The van der Waals surface area contributed by atoms with Gasteiger partial charge in [-0.15, -0.1) is 0 Å². The minimum absolute atomic E-state index is 0.0719. The first-order chi connectivity index (χ1) is 7.67. The second-order valence-electron chi connectivity index (χ2n) is 4.60. The van der Waals surface area contributed by atoms with Gasteiger partial charge in [0.1, 0.15) is 0 Å². The summed E-state index contributed by atoms with van der Waals surface area (Å²) >= 11 is 0. The van der Waals surface area contributed by atoms with Crippen LogP contribution in [-0.2, 0) is 9.53 Å². The molecule has 1 aliphatic rings. The van der Waals surface area contributed by atoms with Crippen LogP contribution in [0.15, 0.2) is 0 Å². The first-order valence-corrected chi connectivity index (χ1v) is 6.17. The van der Waals surface area contributed by atoms with Crippen LogP contribution >= 0.6 is 0 Å². The lowest BCUT2D eigenvalue weighted by Crippen LogP contribution is -2.40. The number of carbonyl (C=O) groups is 1.